The molecule has 2 aromatic carbocycles. The Morgan fingerprint density at radius 3 is 2.71 bits per heavy atom. The van der Waals surface area contributed by atoms with Crippen LogP contribution in [0.5, 0.6) is 0 Å². The van der Waals surface area contributed by atoms with Crippen LogP contribution in [0.3, 0.4) is 0 Å². The Morgan fingerprint density at radius 1 is 1.10 bits per heavy atom. The van der Waals surface area contributed by atoms with Crippen LogP contribution in [0.25, 0.3) is 11.4 Å². The molecule has 5 rings (SSSR count). The number of thioether (sulfide) groups is 1. The summed E-state index contributed by atoms with van der Waals surface area (Å²) in [6, 6.07) is 15.4. The van der Waals surface area contributed by atoms with Gasteiger partial charge in [0.25, 0.3) is 0 Å². The van der Waals surface area contributed by atoms with Gasteiger partial charge in [0.2, 0.25) is 11.8 Å². The van der Waals surface area contributed by atoms with Crippen LogP contribution in [0.4, 0.5) is 11.4 Å². The molecule has 1 aliphatic carbocycles. The van der Waals surface area contributed by atoms with E-state index in [-0.39, 0.29) is 24.7 Å². The van der Waals surface area contributed by atoms with E-state index < -0.39 is 0 Å². The van der Waals surface area contributed by atoms with Crippen molar-refractivity contribution in [1.29, 1.82) is 0 Å². The molecule has 158 valence electrons. The van der Waals surface area contributed by atoms with Gasteiger partial charge in [-0.1, -0.05) is 12.1 Å². The second kappa shape index (κ2) is 8.55. The Balaban J connectivity index is 1.15. The average molecular weight is 434 g/mol. The van der Waals surface area contributed by atoms with Crippen molar-refractivity contribution in [2.75, 3.05) is 22.5 Å². The van der Waals surface area contributed by atoms with Crippen molar-refractivity contribution in [3.63, 3.8) is 0 Å². The summed E-state index contributed by atoms with van der Waals surface area (Å²) in [4.78, 5) is 32.5. The molecule has 0 saturated heterocycles. The number of carbonyl (C=O) groups is 2. The molecule has 2 heterocycles. The summed E-state index contributed by atoms with van der Waals surface area (Å²) in [6.07, 6.45) is 2.68. The van der Waals surface area contributed by atoms with E-state index in [0.717, 1.165) is 27.7 Å². The molecule has 3 aromatic rings. The number of aromatic amines is 1. The molecule has 0 spiro atoms. The van der Waals surface area contributed by atoms with Gasteiger partial charge in [0.1, 0.15) is 5.82 Å². The average Bonchev–Trinajstić information content (AvgIpc) is 3.54. The highest BCUT2D eigenvalue weighted by molar-refractivity contribution is 7.99. The van der Waals surface area contributed by atoms with Crippen LogP contribution in [0.2, 0.25) is 0 Å². The third kappa shape index (κ3) is 4.49. The van der Waals surface area contributed by atoms with E-state index >= 15 is 0 Å². The molecule has 0 radical (unpaired) electrons. The van der Waals surface area contributed by atoms with E-state index in [1.165, 1.54) is 12.8 Å². The number of aromatic nitrogens is 3. The zero-order valence-electron chi connectivity index (χ0n) is 17.0. The quantitative estimate of drug-likeness (QED) is 0.608. The Hall–Kier alpha value is -3.13. The van der Waals surface area contributed by atoms with Gasteiger partial charge in [0.05, 0.1) is 5.69 Å². The topological polar surface area (TPSA) is 91.0 Å². The largest absolute Gasteiger partial charge is 0.326 e. The molecule has 1 fully saturated rings. The second-order valence-electron chi connectivity index (χ2n) is 7.81. The molecule has 0 atom stereocenters. The smallest absolute Gasteiger partial charge is 0.227 e. The fourth-order valence-corrected chi connectivity index (χ4v) is 4.65. The first kappa shape index (κ1) is 19.8. The van der Waals surface area contributed by atoms with Crippen LogP contribution in [-0.2, 0) is 9.59 Å². The highest BCUT2D eigenvalue weighted by Gasteiger charge is 2.27. The molecule has 1 aliphatic heterocycles. The lowest BCUT2D eigenvalue weighted by molar-refractivity contribution is -0.122. The number of amides is 2. The standard InChI is InChI=1S/C23H23N5O2S/c29-20(11-12-21(30)28-13-14-31-19-4-2-1-3-18(19)28)24-17-9-7-16(8-10-17)23-25-22(26-27-23)15-5-6-15/h1-4,7-10,15H,5-6,11-14H2,(H,24,29)(H,25,26,27). The molecule has 1 aromatic heterocycles. The fraction of sp³-hybridized carbons (Fsp3) is 0.304. The van der Waals surface area contributed by atoms with Gasteiger partial charge in [-0.05, 0) is 49.2 Å². The zero-order chi connectivity index (χ0) is 21.2. The Kier molecular flexibility index (Phi) is 5.46. The van der Waals surface area contributed by atoms with Crippen LogP contribution in [-0.4, -0.2) is 39.3 Å². The third-order valence-corrected chi connectivity index (χ3v) is 6.53. The zero-order valence-corrected chi connectivity index (χ0v) is 17.8. The van der Waals surface area contributed by atoms with E-state index in [0.29, 0.717) is 24.0 Å². The van der Waals surface area contributed by atoms with Crippen molar-refractivity contribution in [2.45, 2.75) is 36.5 Å². The first-order valence-corrected chi connectivity index (χ1v) is 11.5. The van der Waals surface area contributed by atoms with Gasteiger partial charge in [-0.3, -0.25) is 14.7 Å². The summed E-state index contributed by atoms with van der Waals surface area (Å²) >= 11 is 1.76. The van der Waals surface area contributed by atoms with Crippen LogP contribution >= 0.6 is 11.8 Å². The fourth-order valence-electron chi connectivity index (χ4n) is 3.65. The van der Waals surface area contributed by atoms with Crippen molar-refractivity contribution < 1.29 is 9.59 Å². The Bertz CT molecular complexity index is 1110. The summed E-state index contributed by atoms with van der Waals surface area (Å²) in [7, 11) is 0. The Labute approximate surface area is 184 Å². The number of fused-ring (bicyclic) bond motifs is 1. The number of rotatable bonds is 6. The number of anilines is 2. The lowest BCUT2D eigenvalue weighted by Gasteiger charge is -2.29. The van der Waals surface area contributed by atoms with Crippen molar-refractivity contribution >= 4 is 35.0 Å². The first-order valence-electron chi connectivity index (χ1n) is 10.5. The van der Waals surface area contributed by atoms with Gasteiger partial charge in [-0.15, -0.1) is 11.8 Å². The second-order valence-corrected chi connectivity index (χ2v) is 8.94. The maximum absolute atomic E-state index is 12.7. The molecular formula is C23H23N5O2S. The van der Waals surface area contributed by atoms with Crippen molar-refractivity contribution in [3.8, 4) is 11.4 Å². The molecule has 8 heteroatoms. The van der Waals surface area contributed by atoms with Gasteiger partial charge >= 0.3 is 0 Å². The molecule has 7 nitrogen and oxygen atoms in total. The molecule has 0 bridgehead atoms. The number of nitrogens with zero attached hydrogens (tertiary/aromatic N) is 3. The minimum Gasteiger partial charge on any atom is -0.326 e. The number of carbonyl (C=O) groups excluding carboxylic acids is 2. The molecule has 31 heavy (non-hydrogen) atoms. The number of para-hydroxylation sites is 1. The molecule has 0 unspecified atom stereocenters. The van der Waals surface area contributed by atoms with Gasteiger partial charge in [-0.25, -0.2) is 4.98 Å². The van der Waals surface area contributed by atoms with Crippen LogP contribution in [0, 0.1) is 0 Å². The predicted octanol–water partition coefficient (Wildman–Crippen LogP) is 4.21. The van der Waals surface area contributed by atoms with Gasteiger partial charge < -0.3 is 10.2 Å². The molecule has 1 saturated carbocycles. The van der Waals surface area contributed by atoms with E-state index in [1.807, 2.05) is 48.5 Å². The predicted molar refractivity (Wildman–Crippen MR) is 121 cm³/mol. The van der Waals surface area contributed by atoms with E-state index in [9.17, 15) is 9.59 Å². The number of benzene rings is 2. The van der Waals surface area contributed by atoms with Gasteiger partial charge in [0.15, 0.2) is 5.82 Å². The summed E-state index contributed by atoms with van der Waals surface area (Å²) in [5, 5.41) is 10.2. The minimum atomic E-state index is -0.172. The van der Waals surface area contributed by atoms with Crippen molar-refractivity contribution in [1.82, 2.24) is 15.2 Å². The summed E-state index contributed by atoms with van der Waals surface area (Å²) in [5.74, 6) is 2.83. The van der Waals surface area contributed by atoms with Crippen LogP contribution in [0.15, 0.2) is 53.4 Å². The normalized spacial score (nSPS) is 15.4. The van der Waals surface area contributed by atoms with Crippen molar-refractivity contribution in [2.24, 2.45) is 0 Å². The van der Waals surface area contributed by atoms with E-state index in [1.54, 1.807) is 16.7 Å². The number of nitrogens with one attached hydrogen (secondary N) is 2. The minimum absolute atomic E-state index is 0.0191. The van der Waals surface area contributed by atoms with Crippen LogP contribution < -0.4 is 10.2 Å². The first-order chi connectivity index (χ1) is 15.2. The molecule has 2 aliphatic rings. The summed E-state index contributed by atoms with van der Waals surface area (Å²) in [5.41, 5.74) is 2.54. The maximum atomic E-state index is 12.7. The van der Waals surface area contributed by atoms with E-state index in [2.05, 4.69) is 20.5 Å². The highest BCUT2D eigenvalue weighted by atomic mass is 32.2. The lowest BCUT2D eigenvalue weighted by atomic mass is 10.2. The number of H-pyrrole nitrogens is 1. The molecule has 2 amide bonds. The Morgan fingerprint density at radius 2 is 1.90 bits per heavy atom. The van der Waals surface area contributed by atoms with Gasteiger partial charge in [0, 0.05) is 47.2 Å². The molecule has 2 N–H and O–H groups in total. The summed E-state index contributed by atoms with van der Waals surface area (Å²) in [6.45, 7) is 0.674. The van der Waals surface area contributed by atoms with E-state index in [4.69, 9.17) is 0 Å². The monoisotopic (exact) mass is 433 g/mol. The third-order valence-electron chi connectivity index (χ3n) is 5.49. The van der Waals surface area contributed by atoms with Crippen molar-refractivity contribution in [3.05, 3.63) is 54.4 Å². The summed E-state index contributed by atoms with van der Waals surface area (Å²) < 4.78 is 0. The SMILES string of the molecule is O=C(CCC(=O)N1CCSc2ccccc21)Nc1ccc(-c2n[nH]c(C3CC3)n2)cc1. The van der Waals surface area contributed by atoms with Crippen LogP contribution in [0.1, 0.15) is 37.4 Å². The maximum Gasteiger partial charge on any atom is 0.227 e. The number of hydrogen-bond acceptors (Lipinski definition) is 5. The lowest BCUT2D eigenvalue weighted by Crippen LogP contribution is -2.35. The molecular weight excluding hydrogens is 410 g/mol. The highest BCUT2D eigenvalue weighted by Crippen LogP contribution is 2.38. The number of hydrogen-bond donors (Lipinski definition) is 2. The van der Waals surface area contributed by atoms with Gasteiger partial charge in [-0.2, -0.15) is 5.10 Å².